The highest BCUT2D eigenvalue weighted by atomic mass is 16.5. The molecule has 98 valence electrons. The zero-order valence-corrected chi connectivity index (χ0v) is 10.8. The number of aromatic nitrogens is 1. The number of rotatable bonds is 4. The number of hydrogen-bond donors (Lipinski definition) is 1. The van der Waals surface area contributed by atoms with E-state index in [0.717, 1.165) is 30.8 Å². The first kappa shape index (κ1) is 12.8. The van der Waals surface area contributed by atoms with E-state index in [1.165, 1.54) is 7.11 Å². The molecule has 1 aromatic rings. The molecule has 1 fully saturated rings. The van der Waals surface area contributed by atoms with Gasteiger partial charge in [0.05, 0.1) is 12.8 Å². The summed E-state index contributed by atoms with van der Waals surface area (Å²) < 4.78 is 4.83. The third-order valence-corrected chi connectivity index (χ3v) is 3.31. The first-order chi connectivity index (χ1) is 8.74. The molecule has 1 unspecified atom stereocenters. The van der Waals surface area contributed by atoms with Gasteiger partial charge in [-0.25, -0.2) is 0 Å². The van der Waals surface area contributed by atoms with Crippen LogP contribution in [-0.4, -0.2) is 42.6 Å². The highest BCUT2D eigenvalue weighted by Crippen LogP contribution is 2.21. The number of hydrogen-bond acceptors (Lipinski definition) is 5. The molecule has 1 aliphatic heterocycles. The van der Waals surface area contributed by atoms with E-state index in [1.807, 2.05) is 19.2 Å². The summed E-state index contributed by atoms with van der Waals surface area (Å²) in [6.45, 7) is 1.61. The van der Waals surface area contributed by atoms with Crippen molar-refractivity contribution in [3.63, 3.8) is 0 Å². The highest BCUT2D eigenvalue weighted by molar-refractivity contribution is 5.75. The normalized spacial score (nSPS) is 19.8. The van der Waals surface area contributed by atoms with Crippen molar-refractivity contribution in [3.8, 4) is 0 Å². The Labute approximate surface area is 107 Å². The van der Waals surface area contributed by atoms with Gasteiger partial charge >= 0.3 is 5.97 Å². The van der Waals surface area contributed by atoms with Gasteiger partial charge in [0.25, 0.3) is 0 Å². The zero-order chi connectivity index (χ0) is 13.0. The van der Waals surface area contributed by atoms with E-state index in [2.05, 4.69) is 15.2 Å². The summed E-state index contributed by atoms with van der Waals surface area (Å²) in [5.41, 5.74) is 2.01. The van der Waals surface area contributed by atoms with Crippen LogP contribution in [0.25, 0.3) is 0 Å². The number of esters is 1. The molecule has 18 heavy (non-hydrogen) atoms. The molecule has 1 saturated heterocycles. The van der Waals surface area contributed by atoms with Crippen LogP contribution in [0.4, 0.5) is 5.69 Å². The Balaban J connectivity index is 2.05. The van der Waals surface area contributed by atoms with Crippen LogP contribution in [0.5, 0.6) is 0 Å². The second-order valence-corrected chi connectivity index (χ2v) is 4.44. The lowest BCUT2D eigenvalue weighted by molar-refractivity contribution is -0.146. The van der Waals surface area contributed by atoms with Crippen molar-refractivity contribution < 1.29 is 9.53 Å². The molecule has 1 aromatic heterocycles. The number of pyridine rings is 1. The van der Waals surface area contributed by atoms with Crippen LogP contribution in [0.15, 0.2) is 18.3 Å². The summed E-state index contributed by atoms with van der Waals surface area (Å²) in [5.74, 6) is -0.141. The minimum absolute atomic E-state index is 0.116. The van der Waals surface area contributed by atoms with Gasteiger partial charge in [0.15, 0.2) is 0 Å². The number of carbonyl (C=O) groups excluding carboxylic acids is 1. The number of likely N-dealkylation sites (tertiary alicyclic amines) is 1. The summed E-state index contributed by atoms with van der Waals surface area (Å²) in [5, 5.41) is 3.09. The first-order valence-corrected chi connectivity index (χ1v) is 6.19. The van der Waals surface area contributed by atoms with Gasteiger partial charge in [-0.3, -0.25) is 14.7 Å². The van der Waals surface area contributed by atoms with Crippen LogP contribution in [0.1, 0.15) is 18.5 Å². The maximum absolute atomic E-state index is 11.6. The Bertz CT molecular complexity index is 422. The summed E-state index contributed by atoms with van der Waals surface area (Å²) in [6.07, 6.45) is 3.69. The van der Waals surface area contributed by atoms with E-state index < -0.39 is 0 Å². The molecule has 0 saturated carbocycles. The first-order valence-electron chi connectivity index (χ1n) is 6.19. The zero-order valence-electron chi connectivity index (χ0n) is 10.8. The quantitative estimate of drug-likeness (QED) is 0.814. The maximum atomic E-state index is 11.6. The van der Waals surface area contributed by atoms with Gasteiger partial charge in [-0.05, 0) is 31.5 Å². The van der Waals surface area contributed by atoms with E-state index in [4.69, 9.17) is 4.74 Å². The Morgan fingerprint density at radius 2 is 2.50 bits per heavy atom. The van der Waals surface area contributed by atoms with Gasteiger partial charge in [0.2, 0.25) is 0 Å². The molecular formula is C13H19N3O2. The number of nitrogens with zero attached hydrogens (tertiary/aromatic N) is 2. The van der Waals surface area contributed by atoms with E-state index in [9.17, 15) is 4.79 Å². The monoisotopic (exact) mass is 249 g/mol. The van der Waals surface area contributed by atoms with Crippen LogP contribution in [-0.2, 0) is 16.1 Å². The summed E-state index contributed by atoms with van der Waals surface area (Å²) in [7, 11) is 3.32. The third-order valence-electron chi connectivity index (χ3n) is 3.31. The third kappa shape index (κ3) is 2.79. The standard InChI is InChI=1S/C13H19N3O2/c1-14-10-5-6-15-11(8-10)9-16-7-3-4-12(16)13(17)18-2/h5-6,8,12H,3-4,7,9H2,1-2H3,(H,14,15). The van der Waals surface area contributed by atoms with E-state index in [-0.39, 0.29) is 12.0 Å². The van der Waals surface area contributed by atoms with Crippen molar-refractivity contribution in [2.24, 2.45) is 0 Å². The number of methoxy groups -OCH3 is 1. The molecule has 0 bridgehead atoms. The van der Waals surface area contributed by atoms with Gasteiger partial charge in [0, 0.05) is 25.5 Å². The number of carbonyl (C=O) groups is 1. The lowest BCUT2D eigenvalue weighted by Crippen LogP contribution is -2.36. The average molecular weight is 249 g/mol. The van der Waals surface area contributed by atoms with Crippen molar-refractivity contribution >= 4 is 11.7 Å². The molecule has 0 aliphatic carbocycles. The summed E-state index contributed by atoms with van der Waals surface area (Å²) >= 11 is 0. The smallest absolute Gasteiger partial charge is 0.323 e. The molecule has 5 heteroatoms. The molecule has 5 nitrogen and oxygen atoms in total. The van der Waals surface area contributed by atoms with Gasteiger partial charge in [0.1, 0.15) is 6.04 Å². The number of anilines is 1. The molecule has 0 radical (unpaired) electrons. The predicted molar refractivity (Wildman–Crippen MR) is 69.2 cm³/mol. The van der Waals surface area contributed by atoms with E-state index in [1.54, 1.807) is 6.20 Å². The molecular weight excluding hydrogens is 230 g/mol. The second-order valence-electron chi connectivity index (χ2n) is 4.44. The van der Waals surface area contributed by atoms with Crippen LogP contribution < -0.4 is 5.32 Å². The number of ether oxygens (including phenoxy) is 1. The number of nitrogens with one attached hydrogen (secondary N) is 1. The maximum Gasteiger partial charge on any atom is 0.323 e. The van der Waals surface area contributed by atoms with Gasteiger partial charge in [-0.15, -0.1) is 0 Å². The Morgan fingerprint density at radius 3 is 3.22 bits per heavy atom. The molecule has 0 aromatic carbocycles. The van der Waals surface area contributed by atoms with Gasteiger partial charge in [-0.2, -0.15) is 0 Å². The predicted octanol–water partition coefficient (Wildman–Crippen LogP) is 1.26. The van der Waals surface area contributed by atoms with Crippen LogP contribution in [0.3, 0.4) is 0 Å². The fraction of sp³-hybridized carbons (Fsp3) is 0.538. The highest BCUT2D eigenvalue weighted by Gasteiger charge is 2.31. The average Bonchev–Trinajstić information content (AvgIpc) is 2.86. The second kappa shape index (κ2) is 5.82. The minimum atomic E-state index is -0.141. The molecule has 1 atom stereocenters. The van der Waals surface area contributed by atoms with Gasteiger partial charge < -0.3 is 10.1 Å². The largest absolute Gasteiger partial charge is 0.468 e. The molecule has 1 N–H and O–H groups in total. The van der Waals surface area contributed by atoms with E-state index >= 15 is 0 Å². The van der Waals surface area contributed by atoms with Crippen LogP contribution in [0.2, 0.25) is 0 Å². The van der Waals surface area contributed by atoms with Crippen molar-refractivity contribution in [1.82, 2.24) is 9.88 Å². The molecule has 0 amide bonds. The minimum Gasteiger partial charge on any atom is -0.468 e. The topological polar surface area (TPSA) is 54.5 Å². The Kier molecular flexibility index (Phi) is 4.15. The van der Waals surface area contributed by atoms with Gasteiger partial charge in [-0.1, -0.05) is 0 Å². The fourth-order valence-electron chi connectivity index (χ4n) is 2.35. The van der Waals surface area contributed by atoms with Crippen molar-refractivity contribution in [2.75, 3.05) is 26.0 Å². The fourth-order valence-corrected chi connectivity index (χ4v) is 2.35. The lowest BCUT2D eigenvalue weighted by Gasteiger charge is -2.21. The Morgan fingerprint density at radius 1 is 1.67 bits per heavy atom. The molecule has 1 aliphatic rings. The van der Waals surface area contributed by atoms with Crippen molar-refractivity contribution in [1.29, 1.82) is 0 Å². The van der Waals surface area contributed by atoms with E-state index in [0.29, 0.717) is 6.54 Å². The molecule has 0 spiro atoms. The SMILES string of the molecule is CNc1ccnc(CN2CCCC2C(=O)OC)c1. The summed E-state index contributed by atoms with van der Waals surface area (Å²) in [4.78, 5) is 18.1. The lowest BCUT2D eigenvalue weighted by atomic mass is 10.2. The van der Waals surface area contributed by atoms with Crippen molar-refractivity contribution in [2.45, 2.75) is 25.4 Å². The summed E-state index contributed by atoms with van der Waals surface area (Å²) in [6, 6.07) is 3.81. The van der Waals surface area contributed by atoms with Crippen LogP contribution >= 0.6 is 0 Å². The van der Waals surface area contributed by atoms with Crippen molar-refractivity contribution in [3.05, 3.63) is 24.0 Å². The Hall–Kier alpha value is -1.62. The molecule has 2 rings (SSSR count). The van der Waals surface area contributed by atoms with Crippen LogP contribution in [0, 0.1) is 0 Å². The molecule has 2 heterocycles.